The Bertz CT molecular complexity index is 867. The lowest BCUT2D eigenvalue weighted by atomic mass is 10.0. The summed E-state index contributed by atoms with van der Waals surface area (Å²) < 4.78 is 3.33. The molecule has 5 heteroatoms. The van der Waals surface area contributed by atoms with Crippen molar-refractivity contribution in [2.75, 3.05) is 6.61 Å². The van der Waals surface area contributed by atoms with E-state index in [1.807, 2.05) is 61.5 Å². The number of hydrogen-bond donors (Lipinski definition) is 2. The Balaban J connectivity index is 2.29. The van der Waals surface area contributed by atoms with Crippen molar-refractivity contribution in [1.29, 1.82) is 0 Å². The van der Waals surface area contributed by atoms with Crippen LogP contribution in [0.3, 0.4) is 0 Å². The summed E-state index contributed by atoms with van der Waals surface area (Å²) in [6.07, 6.45) is -0.224. The monoisotopic (exact) mass is 326 g/mol. The summed E-state index contributed by atoms with van der Waals surface area (Å²) in [6.45, 7) is 2.22. The summed E-state index contributed by atoms with van der Waals surface area (Å²) in [5.74, 6) is 0. The summed E-state index contributed by atoms with van der Waals surface area (Å²) in [7, 11) is 0. The van der Waals surface area contributed by atoms with E-state index in [0.717, 1.165) is 23.0 Å². The molecular formula is C19H22N2O3. The van der Waals surface area contributed by atoms with Gasteiger partial charge in [0.2, 0.25) is 0 Å². The molecule has 126 valence electrons. The average Bonchev–Trinajstić information content (AvgIpc) is 2.89. The molecule has 3 aromatic rings. The lowest BCUT2D eigenvalue weighted by molar-refractivity contribution is 0.0641. The molecule has 2 atom stereocenters. The van der Waals surface area contributed by atoms with Gasteiger partial charge in [-0.1, -0.05) is 49.4 Å². The summed E-state index contributed by atoms with van der Waals surface area (Å²) >= 11 is 0. The van der Waals surface area contributed by atoms with Gasteiger partial charge in [0.25, 0.3) is 0 Å². The lowest BCUT2D eigenvalue weighted by Gasteiger charge is -2.23. The van der Waals surface area contributed by atoms with Crippen LogP contribution in [0.5, 0.6) is 0 Å². The summed E-state index contributed by atoms with van der Waals surface area (Å²) in [4.78, 5) is 13.0. The predicted molar refractivity (Wildman–Crippen MR) is 94.2 cm³/mol. The highest BCUT2D eigenvalue weighted by atomic mass is 16.3. The molecule has 0 aliphatic heterocycles. The van der Waals surface area contributed by atoms with Gasteiger partial charge < -0.3 is 10.2 Å². The number of benzene rings is 2. The van der Waals surface area contributed by atoms with Crippen LogP contribution in [0, 0.1) is 0 Å². The smallest absolute Gasteiger partial charge is 0.329 e. The molecule has 0 aliphatic rings. The van der Waals surface area contributed by atoms with Crippen LogP contribution in [-0.4, -0.2) is 32.1 Å². The van der Waals surface area contributed by atoms with Crippen LogP contribution in [-0.2, 0) is 6.54 Å². The number of aliphatic hydroxyl groups excluding tert-OH is 2. The first kappa shape index (κ1) is 16.5. The van der Waals surface area contributed by atoms with Crippen LogP contribution in [0.25, 0.3) is 11.0 Å². The van der Waals surface area contributed by atoms with Gasteiger partial charge in [0.05, 0.1) is 23.7 Å². The maximum Gasteiger partial charge on any atom is 0.329 e. The van der Waals surface area contributed by atoms with Crippen LogP contribution in [0.2, 0.25) is 0 Å². The van der Waals surface area contributed by atoms with E-state index in [-0.39, 0.29) is 5.69 Å². The maximum absolute atomic E-state index is 13.0. The highest BCUT2D eigenvalue weighted by molar-refractivity contribution is 5.76. The number of para-hydroxylation sites is 2. The first-order valence-electron chi connectivity index (χ1n) is 8.22. The lowest BCUT2D eigenvalue weighted by Crippen LogP contribution is -2.36. The van der Waals surface area contributed by atoms with E-state index in [2.05, 4.69) is 0 Å². The molecule has 0 spiro atoms. The number of aromatic nitrogens is 2. The van der Waals surface area contributed by atoms with Gasteiger partial charge in [0, 0.05) is 6.54 Å². The third kappa shape index (κ3) is 2.77. The highest BCUT2D eigenvalue weighted by Crippen LogP contribution is 2.26. The first-order chi connectivity index (χ1) is 11.7. The van der Waals surface area contributed by atoms with Gasteiger partial charge in [-0.15, -0.1) is 0 Å². The Morgan fingerprint density at radius 1 is 1.00 bits per heavy atom. The largest absolute Gasteiger partial charge is 0.394 e. The Hall–Kier alpha value is -2.37. The van der Waals surface area contributed by atoms with Crippen LogP contribution in [0.1, 0.15) is 24.9 Å². The number of aliphatic hydroxyl groups is 2. The molecule has 0 radical (unpaired) electrons. The molecule has 1 aromatic heterocycles. The zero-order valence-corrected chi connectivity index (χ0v) is 13.7. The molecule has 0 amide bonds. The standard InChI is InChI=1S/C19H22N2O3/c1-2-12-20-15-10-6-7-11-16(15)21(19(20)24)18(17(23)13-22)14-8-4-3-5-9-14/h3-11,17-18,22-23H,2,12-13H2,1H3/t17-,18?/m1/s1. The minimum absolute atomic E-state index is 0.167. The quantitative estimate of drug-likeness (QED) is 0.729. The van der Waals surface area contributed by atoms with E-state index in [1.165, 1.54) is 0 Å². The van der Waals surface area contributed by atoms with Crippen molar-refractivity contribution in [1.82, 2.24) is 9.13 Å². The molecule has 1 heterocycles. The summed E-state index contributed by atoms with van der Waals surface area (Å²) in [5, 5.41) is 20.0. The minimum atomic E-state index is -1.06. The van der Waals surface area contributed by atoms with Crippen molar-refractivity contribution in [3.05, 3.63) is 70.6 Å². The van der Waals surface area contributed by atoms with Gasteiger partial charge in [0.15, 0.2) is 0 Å². The van der Waals surface area contributed by atoms with E-state index in [9.17, 15) is 15.0 Å². The van der Waals surface area contributed by atoms with Gasteiger partial charge in [-0.3, -0.25) is 9.13 Å². The average molecular weight is 326 g/mol. The Morgan fingerprint density at radius 2 is 1.62 bits per heavy atom. The highest BCUT2D eigenvalue weighted by Gasteiger charge is 2.27. The molecule has 0 bridgehead atoms. The maximum atomic E-state index is 13.0. The topological polar surface area (TPSA) is 67.4 Å². The van der Waals surface area contributed by atoms with E-state index >= 15 is 0 Å². The minimum Gasteiger partial charge on any atom is -0.394 e. The van der Waals surface area contributed by atoms with E-state index < -0.39 is 18.8 Å². The fourth-order valence-corrected chi connectivity index (χ4v) is 3.23. The van der Waals surface area contributed by atoms with Crippen LogP contribution >= 0.6 is 0 Å². The number of hydrogen-bond acceptors (Lipinski definition) is 3. The van der Waals surface area contributed by atoms with E-state index in [4.69, 9.17) is 0 Å². The van der Waals surface area contributed by atoms with Crippen molar-refractivity contribution in [2.24, 2.45) is 0 Å². The van der Waals surface area contributed by atoms with Gasteiger partial charge >= 0.3 is 5.69 Å². The normalized spacial score (nSPS) is 14.0. The fraction of sp³-hybridized carbons (Fsp3) is 0.316. The van der Waals surface area contributed by atoms with Crippen molar-refractivity contribution in [3.63, 3.8) is 0 Å². The van der Waals surface area contributed by atoms with Gasteiger partial charge in [-0.2, -0.15) is 0 Å². The second-order valence-corrected chi connectivity index (χ2v) is 5.90. The van der Waals surface area contributed by atoms with Crippen LogP contribution in [0.15, 0.2) is 59.4 Å². The summed E-state index contributed by atoms with van der Waals surface area (Å²) in [5.41, 5.74) is 2.23. The number of rotatable bonds is 6. The molecule has 0 aliphatic carbocycles. The zero-order valence-electron chi connectivity index (χ0n) is 13.7. The predicted octanol–water partition coefficient (Wildman–Crippen LogP) is 2.16. The molecule has 0 saturated heterocycles. The Kier molecular flexibility index (Phi) is 4.83. The van der Waals surface area contributed by atoms with Crippen molar-refractivity contribution < 1.29 is 10.2 Å². The molecule has 2 N–H and O–H groups in total. The fourth-order valence-electron chi connectivity index (χ4n) is 3.23. The molecule has 3 rings (SSSR count). The molecule has 2 aromatic carbocycles. The first-order valence-corrected chi connectivity index (χ1v) is 8.22. The van der Waals surface area contributed by atoms with Gasteiger partial charge in [-0.05, 0) is 24.1 Å². The number of aryl methyl sites for hydroxylation is 1. The second kappa shape index (κ2) is 7.03. The van der Waals surface area contributed by atoms with Crippen molar-refractivity contribution in [2.45, 2.75) is 32.0 Å². The van der Waals surface area contributed by atoms with E-state index in [0.29, 0.717) is 6.54 Å². The number of nitrogens with zero attached hydrogens (tertiary/aromatic N) is 2. The van der Waals surface area contributed by atoms with Crippen molar-refractivity contribution in [3.8, 4) is 0 Å². The van der Waals surface area contributed by atoms with Crippen molar-refractivity contribution >= 4 is 11.0 Å². The Morgan fingerprint density at radius 3 is 2.25 bits per heavy atom. The van der Waals surface area contributed by atoms with Crippen LogP contribution < -0.4 is 5.69 Å². The molecule has 1 unspecified atom stereocenters. The Labute approximate surface area is 140 Å². The molecule has 24 heavy (non-hydrogen) atoms. The molecule has 0 saturated carbocycles. The van der Waals surface area contributed by atoms with Gasteiger partial charge in [-0.25, -0.2) is 4.79 Å². The zero-order chi connectivity index (χ0) is 17.1. The molecule has 0 fully saturated rings. The summed E-state index contributed by atoms with van der Waals surface area (Å²) in [6, 6.07) is 16.3. The second-order valence-electron chi connectivity index (χ2n) is 5.90. The number of imidazole rings is 1. The molecular weight excluding hydrogens is 304 g/mol. The SMILES string of the molecule is CCCn1c(=O)n(C(c2ccccc2)[C@H](O)CO)c2ccccc21. The number of fused-ring (bicyclic) bond motifs is 1. The van der Waals surface area contributed by atoms with Crippen LogP contribution in [0.4, 0.5) is 0 Å². The van der Waals surface area contributed by atoms with Gasteiger partial charge in [0.1, 0.15) is 6.10 Å². The third-order valence-corrected chi connectivity index (χ3v) is 4.29. The van der Waals surface area contributed by atoms with E-state index in [1.54, 1.807) is 9.13 Å². The molecule has 5 nitrogen and oxygen atoms in total. The third-order valence-electron chi connectivity index (χ3n) is 4.29.